The van der Waals surface area contributed by atoms with Gasteiger partial charge in [-0.25, -0.2) is 0 Å². The van der Waals surface area contributed by atoms with Crippen molar-refractivity contribution >= 4 is 40.9 Å². The summed E-state index contributed by atoms with van der Waals surface area (Å²) >= 11 is 7.62. The molecule has 1 heterocycles. The van der Waals surface area contributed by atoms with Gasteiger partial charge < -0.3 is 10.2 Å². The molecule has 0 spiro atoms. The fourth-order valence-electron chi connectivity index (χ4n) is 2.81. The molecule has 0 bridgehead atoms. The summed E-state index contributed by atoms with van der Waals surface area (Å²) in [5.41, 5.74) is 1.70. The van der Waals surface area contributed by atoms with Crippen LogP contribution in [-0.2, 0) is 16.1 Å². The number of hydrogen-bond donors (Lipinski definition) is 1. The molecule has 1 aliphatic carbocycles. The number of thioether (sulfide) groups is 1. The van der Waals surface area contributed by atoms with Crippen LogP contribution >= 0.6 is 23.4 Å². The zero-order valence-corrected chi connectivity index (χ0v) is 15.5. The highest BCUT2D eigenvalue weighted by Crippen LogP contribution is 2.42. The molecule has 4 nitrogen and oxygen atoms in total. The Balaban J connectivity index is 1.66. The van der Waals surface area contributed by atoms with Gasteiger partial charge in [0.15, 0.2) is 0 Å². The lowest BCUT2D eigenvalue weighted by Crippen LogP contribution is -2.35. The van der Waals surface area contributed by atoms with Gasteiger partial charge in [0.2, 0.25) is 5.91 Å². The minimum atomic E-state index is -0.208. The van der Waals surface area contributed by atoms with Crippen LogP contribution in [0.3, 0.4) is 0 Å². The van der Waals surface area contributed by atoms with Crippen LogP contribution in [0.5, 0.6) is 0 Å². The SMILES string of the molecule is O=C(/C=C1/Sc2ccccc2N(Cc2ccccc2Cl)C1=O)NC1CC1. The molecule has 1 aliphatic heterocycles. The molecule has 0 unspecified atom stereocenters. The number of nitrogens with one attached hydrogen (secondary N) is 1. The van der Waals surface area contributed by atoms with Gasteiger partial charge in [-0.2, -0.15) is 0 Å². The maximum absolute atomic E-state index is 13.1. The van der Waals surface area contributed by atoms with E-state index in [-0.39, 0.29) is 17.9 Å². The summed E-state index contributed by atoms with van der Waals surface area (Å²) in [4.78, 5) is 28.3. The van der Waals surface area contributed by atoms with Crippen molar-refractivity contribution in [3.8, 4) is 0 Å². The van der Waals surface area contributed by atoms with Gasteiger partial charge >= 0.3 is 0 Å². The number of anilines is 1. The number of amides is 2. The Morgan fingerprint density at radius 3 is 2.69 bits per heavy atom. The zero-order chi connectivity index (χ0) is 18.1. The summed E-state index contributed by atoms with van der Waals surface area (Å²) in [6.45, 7) is 0.359. The summed E-state index contributed by atoms with van der Waals surface area (Å²) in [6, 6.07) is 15.4. The minimum absolute atomic E-state index is 0.181. The Hall–Kier alpha value is -2.24. The molecule has 6 heteroatoms. The molecule has 0 saturated heterocycles. The van der Waals surface area contributed by atoms with Gasteiger partial charge in [-0.3, -0.25) is 9.59 Å². The van der Waals surface area contributed by atoms with Crippen molar-refractivity contribution in [3.63, 3.8) is 0 Å². The van der Waals surface area contributed by atoms with Crippen molar-refractivity contribution < 1.29 is 9.59 Å². The van der Waals surface area contributed by atoms with Gasteiger partial charge in [-0.15, -0.1) is 0 Å². The van der Waals surface area contributed by atoms with Crippen LogP contribution in [0, 0.1) is 0 Å². The predicted molar refractivity (Wildman–Crippen MR) is 104 cm³/mol. The molecule has 1 saturated carbocycles. The first-order valence-electron chi connectivity index (χ1n) is 8.46. The normalized spacial score (nSPS) is 18.0. The lowest BCUT2D eigenvalue weighted by Gasteiger charge is -2.30. The van der Waals surface area contributed by atoms with E-state index in [4.69, 9.17) is 11.6 Å². The smallest absolute Gasteiger partial charge is 0.265 e. The van der Waals surface area contributed by atoms with E-state index in [1.165, 1.54) is 17.8 Å². The average molecular weight is 385 g/mol. The molecule has 2 aromatic rings. The molecule has 1 fully saturated rings. The van der Waals surface area contributed by atoms with Crippen LogP contribution in [0.15, 0.2) is 64.4 Å². The van der Waals surface area contributed by atoms with E-state index in [9.17, 15) is 9.59 Å². The first kappa shape index (κ1) is 17.2. The molecule has 0 radical (unpaired) electrons. The number of benzene rings is 2. The summed E-state index contributed by atoms with van der Waals surface area (Å²) in [5, 5.41) is 3.52. The second kappa shape index (κ2) is 7.17. The van der Waals surface area contributed by atoms with E-state index >= 15 is 0 Å². The Kier molecular flexibility index (Phi) is 4.74. The molecule has 2 amide bonds. The van der Waals surface area contributed by atoms with Crippen molar-refractivity contribution in [2.24, 2.45) is 0 Å². The first-order valence-corrected chi connectivity index (χ1v) is 9.65. The molecular weight excluding hydrogens is 368 g/mol. The second-order valence-corrected chi connectivity index (χ2v) is 7.83. The number of fused-ring (bicyclic) bond motifs is 1. The minimum Gasteiger partial charge on any atom is -0.350 e. The Morgan fingerprint density at radius 1 is 1.19 bits per heavy atom. The number of carbonyl (C=O) groups is 2. The number of carbonyl (C=O) groups excluding carboxylic acids is 2. The van der Waals surface area contributed by atoms with Gasteiger partial charge in [0, 0.05) is 22.0 Å². The summed E-state index contributed by atoms with van der Waals surface area (Å²) < 4.78 is 0. The fourth-order valence-corrected chi connectivity index (χ4v) is 4.03. The molecule has 4 rings (SSSR count). The number of para-hydroxylation sites is 1. The molecule has 2 aliphatic rings. The zero-order valence-electron chi connectivity index (χ0n) is 13.9. The molecule has 26 heavy (non-hydrogen) atoms. The highest BCUT2D eigenvalue weighted by atomic mass is 35.5. The van der Waals surface area contributed by atoms with Crippen LogP contribution in [0.25, 0.3) is 0 Å². The third-order valence-electron chi connectivity index (χ3n) is 4.30. The van der Waals surface area contributed by atoms with Gasteiger partial charge in [-0.05, 0) is 36.6 Å². The third kappa shape index (κ3) is 3.64. The van der Waals surface area contributed by atoms with E-state index in [1.807, 2.05) is 48.5 Å². The number of nitrogens with zero attached hydrogens (tertiary/aromatic N) is 1. The van der Waals surface area contributed by atoms with Crippen LogP contribution in [0.4, 0.5) is 5.69 Å². The molecule has 0 aromatic heterocycles. The molecular formula is C20H17ClN2O2S. The third-order valence-corrected chi connectivity index (χ3v) is 5.75. The van der Waals surface area contributed by atoms with Crippen molar-refractivity contribution in [3.05, 3.63) is 70.1 Å². The quantitative estimate of drug-likeness (QED) is 0.806. The topological polar surface area (TPSA) is 49.4 Å². The van der Waals surface area contributed by atoms with E-state index in [0.717, 1.165) is 29.0 Å². The van der Waals surface area contributed by atoms with Crippen LogP contribution in [0.1, 0.15) is 18.4 Å². The lowest BCUT2D eigenvalue weighted by molar-refractivity contribution is -0.118. The Morgan fingerprint density at radius 2 is 1.92 bits per heavy atom. The predicted octanol–water partition coefficient (Wildman–Crippen LogP) is 4.14. The van der Waals surface area contributed by atoms with Crippen molar-refractivity contribution in [2.45, 2.75) is 30.3 Å². The van der Waals surface area contributed by atoms with Crippen LogP contribution in [0.2, 0.25) is 5.02 Å². The lowest BCUT2D eigenvalue weighted by atomic mass is 10.1. The van der Waals surface area contributed by atoms with E-state index in [0.29, 0.717) is 16.5 Å². The highest BCUT2D eigenvalue weighted by molar-refractivity contribution is 8.04. The van der Waals surface area contributed by atoms with Gasteiger partial charge in [0.25, 0.3) is 5.91 Å². The maximum Gasteiger partial charge on any atom is 0.265 e. The van der Waals surface area contributed by atoms with Crippen molar-refractivity contribution in [1.82, 2.24) is 5.32 Å². The van der Waals surface area contributed by atoms with Crippen LogP contribution in [-0.4, -0.2) is 17.9 Å². The largest absolute Gasteiger partial charge is 0.350 e. The van der Waals surface area contributed by atoms with E-state index in [1.54, 1.807) is 4.90 Å². The van der Waals surface area contributed by atoms with E-state index in [2.05, 4.69) is 5.32 Å². The van der Waals surface area contributed by atoms with Gasteiger partial charge in [-0.1, -0.05) is 53.7 Å². The summed E-state index contributed by atoms with van der Waals surface area (Å²) in [5.74, 6) is -0.389. The molecule has 2 aromatic carbocycles. The molecule has 0 atom stereocenters. The number of halogens is 1. The van der Waals surface area contributed by atoms with Gasteiger partial charge in [0.1, 0.15) is 0 Å². The molecule has 1 N–H and O–H groups in total. The maximum atomic E-state index is 13.1. The number of rotatable bonds is 4. The average Bonchev–Trinajstić information content (AvgIpc) is 3.44. The fraction of sp³-hybridized carbons (Fsp3) is 0.200. The highest BCUT2D eigenvalue weighted by Gasteiger charge is 2.30. The van der Waals surface area contributed by atoms with E-state index < -0.39 is 0 Å². The monoisotopic (exact) mass is 384 g/mol. The summed E-state index contributed by atoms with van der Waals surface area (Å²) in [7, 11) is 0. The Bertz CT molecular complexity index is 908. The van der Waals surface area contributed by atoms with Gasteiger partial charge in [0.05, 0.1) is 17.1 Å². The number of hydrogen-bond acceptors (Lipinski definition) is 3. The van der Waals surface area contributed by atoms with Crippen molar-refractivity contribution in [2.75, 3.05) is 4.90 Å². The van der Waals surface area contributed by atoms with Crippen molar-refractivity contribution in [1.29, 1.82) is 0 Å². The Labute approximate surface area is 161 Å². The van der Waals surface area contributed by atoms with Crippen LogP contribution < -0.4 is 10.2 Å². The second-order valence-electron chi connectivity index (χ2n) is 6.34. The standard InChI is InChI=1S/C20H17ClN2O2S/c21-15-6-2-1-5-13(15)12-23-16-7-3-4-8-17(16)26-18(20(23)25)11-19(24)22-14-9-10-14/h1-8,11,14H,9-10,12H2,(H,22,24)/b18-11+. The summed E-state index contributed by atoms with van der Waals surface area (Å²) in [6.07, 6.45) is 3.44. The molecule has 132 valence electrons. The first-order chi connectivity index (χ1) is 12.6.